The van der Waals surface area contributed by atoms with Gasteiger partial charge in [-0.3, -0.25) is 19.8 Å². The van der Waals surface area contributed by atoms with Crippen LogP contribution in [0.4, 0.5) is 10.1 Å². The maximum Gasteiger partial charge on any atom is 0.299 e. The van der Waals surface area contributed by atoms with Gasteiger partial charge in [0, 0.05) is 13.0 Å². The van der Waals surface area contributed by atoms with Gasteiger partial charge in [-0.05, 0) is 40.9 Å². The Labute approximate surface area is 128 Å². The molecule has 0 saturated carbocycles. The van der Waals surface area contributed by atoms with E-state index < -0.39 is 17.5 Å². The summed E-state index contributed by atoms with van der Waals surface area (Å²) in [7, 11) is 0. The molecule has 6 nitrogen and oxygen atoms in total. The van der Waals surface area contributed by atoms with Gasteiger partial charge in [0.15, 0.2) is 0 Å². The Morgan fingerprint density at radius 2 is 2.05 bits per heavy atom. The second-order valence-corrected chi connectivity index (χ2v) is 5.45. The third kappa shape index (κ3) is 3.11. The molecule has 0 atom stereocenters. The molecule has 2 amide bonds. The van der Waals surface area contributed by atoms with Crippen LogP contribution in [0.3, 0.4) is 0 Å². The first kappa shape index (κ1) is 15.6. The molecule has 1 heterocycles. The minimum Gasteiger partial charge on any atom is -0.305 e. The number of halogens is 2. The van der Waals surface area contributed by atoms with E-state index in [-0.39, 0.29) is 34.6 Å². The van der Waals surface area contributed by atoms with Crippen molar-refractivity contribution in [3.05, 3.63) is 28.0 Å². The van der Waals surface area contributed by atoms with Gasteiger partial charge in [0.05, 0.1) is 15.7 Å². The summed E-state index contributed by atoms with van der Waals surface area (Å²) in [4.78, 5) is 36.0. The van der Waals surface area contributed by atoms with Crippen LogP contribution < -0.4 is 16.2 Å². The Kier molecular flexibility index (Phi) is 4.69. The van der Waals surface area contributed by atoms with Gasteiger partial charge in [-0.1, -0.05) is 0 Å². The van der Waals surface area contributed by atoms with Crippen LogP contribution in [0.15, 0.2) is 16.6 Å². The molecule has 21 heavy (non-hydrogen) atoms. The van der Waals surface area contributed by atoms with Crippen molar-refractivity contribution in [2.75, 3.05) is 11.4 Å². The standard InChI is InChI=1S/C13H13BrFN3O3/c14-8-5-7-10(6-9(8)15)18(13(21)12(7)20)4-2-1-3-11(19)17-16/h5-6H,1-4,16H2,(H,17,19). The fraction of sp³-hybridized carbons (Fsp3) is 0.308. The van der Waals surface area contributed by atoms with E-state index >= 15 is 0 Å². The van der Waals surface area contributed by atoms with E-state index in [2.05, 4.69) is 15.9 Å². The monoisotopic (exact) mass is 357 g/mol. The minimum absolute atomic E-state index is 0.142. The van der Waals surface area contributed by atoms with Crippen molar-refractivity contribution >= 4 is 39.2 Å². The molecule has 0 unspecified atom stereocenters. The van der Waals surface area contributed by atoms with E-state index in [0.717, 1.165) is 6.07 Å². The average molecular weight is 358 g/mol. The highest BCUT2D eigenvalue weighted by Gasteiger charge is 2.36. The first-order chi connectivity index (χ1) is 9.95. The SMILES string of the molecule is NNC(=O)CCCCN1C(=O)C(=O)c2cc(Br)c(F)cc21. The van der Waals surface area contributed by atoms with E-state index in [1.807, 2.05) is 5.43 Å². The summed E-state index contributed by atoms with van der Waals surface area (Å²) in [6, 6.07) is 2.47. The van der Waals surface area contributed by atoms with Gasteiger partial charge in [0.1, 0.15) is 5.82 Å². The number of Topliss-reactive ketones (excluding diaryl/α,β-unsaturated/α-hetero) is 1. The number of ketones is 1. The maximum atomic E-state index is 13.6. The first-order valence-corrected chi connectivity index (χ1v) is 7.09. The fourth-order valence-corrected chi connectivity index (χ4v) is 2.48. The second kappa shape index (κ2) is 6.31. The Morgan fingerprint density at radius 1 is 1.33 bits per heavy atom. The van der Waals surface area contributed by atoms with Crippen molar-refractivity contribution in [2.24, 2.45) is 5.84 Å². The normalized spacial score (nSPS) is 13.6. The number of carbonyl (C=O) groups is 3. The molecule has 112 valence electrons. The predicted octanol–water partition coefficient (Wildman–Crippen LogP) is 1.28. The van der Waals surface area contributed by atoms with Crippen molar-refractivity contribution in [1.82, 2.24) is 5.43 Å². The first-order valence-electron chi connectivity index (χ1n) is 6.30. The van der Waals surface area contributed by atoms with Crippen LogP contribution in [-0.2, 0) is 9.59 Å². The molecule has 0 aromatic heterocycles. The van der Waals surface area contributed by atoms with Crippen LogP contribution in [0.1, 0.15) is 29.6 Å². The minimum atomic E-state index is -0.675. The van der Waals surface area contributed by atoms with Crippen LogP contribution in [0.5, 0.6) is 0 Å². The number of anilines is 1. The Bertz CT molecular complexity index is 621. The van der Waals surface area contributed by atoms with Crippen LogP contribution in [-0.4, -0.2) is 24.1 Å². The topological polar surface area (TPSA) is 92.5 Å². The molecule has 0 bridgehead atoms. The van der Waals surface area contributed by atoms with Gasteiger partial charge in [-0.2, -0.15) is 0 Å². The molecule has 1 aliphatic rings. The molecule has 2 rings (SSSR count). The van der Waals surface area contributed by atoms with E-state index in [1.54, 1.807) is 0 Å². The molecule has 0 aliphatic carbocycles. The van der Waals surface area contributed by atoms with Gasteiger partial charge in [-0.15, -0.1) is 0 Å². The summed E-state index contributed by atoms with van der Waals surface area (Å²) in [6.45, 7) is 0.247. The Balaban J connectivity index is 2.08. The molecule has 0 radical (unpaired) electrons. The van der Waals surface area contributed by atoms with Crippen LogP contribution >= 0.6 is 15.9 Å². The lowest BCUT2D eigenvalue weighted by molar-refractivity contribution is -0.121. The number of nitrogens with zero attached hydrogens (tertiary/aromatic N) is 1. The predicted molar refractivity (Wildman–Crippen MR) is 77.0 cm³/mol. The largest absolute Gasteiger partial charge is 0.305 e. The Morgan fingerprint density at radius 3 is 2.71 bits per heavy atom. The lowest BCUT2D eigenvalue weighted by Gasteiger charge is -2.16. The van der Waals surface area contributed by atoms with Crippen LogP contribution in [0, 0.1) is 5.82 Å². The molecule has 3 N–H and O–H groups in total. The Hall–Kier alpha value is -1.80. The summed E-state index contributed by atoms with van der Waals surface area (Å²) in [5.41, 5.74) is 2.47. The maximum absolute atomic E-state index is 13.6. The number of nitrogens with two attached hydrogens (primary N) is 1. The number of benzene rings is 1. The summed E-state index contributed by atoms with van der Waals surface area (Å²) in [6.07, 6.45) is 1.24. The van der Waals surface area contributed by atoms with E-state index in [4.69, 9.17) is 5.84 Å². The summed E-state index contributed by atoms with van der Waals surface area (Å²) < 4.78 is 13.7. The number of rotatable bonds is 5. The number of unbranched alkanes of at least 4 members (excludes halogenated alkanes) is 1. The van der Waals surface area contributed by atoms with Crippen molar-refractivity contribution < 1.29 is 18.8 Å². The number of hydrogen-bond acceptors (Lipinski definition) is 4. The second-order valence-electron chi connectivity index (χ2n) is 4.59. The number of nitrogens with one attached hydrogen (secondary N) is 1. The van der Waals surface area contributed by atoms with Crippen molar-refractivity contribution in [2.45, 2.75) is 19.3 Å². The number of hydrazine groups is 1. The number of hydrogen-bond donors (Lipinski definition) is 2. The molecule has 0 spiro atoms. The van der Waals surface area contributed by atoms with Gasteiger partial charge >= 0.3 is 0 Å². The lowest BCUT2D eigenvalue weighted by Crippen LogP contribution is -2.32. The molecule has 1 aromatic rings. The van der Waals surface area contributed by atoms with Gasteiger partial charge in [0.25, 0.3) is 11.7 Å². The summed E-state index contributed by atoms with van der Waals surface area (Å²) in [5, 5.41) is 0. The molecule has 1 aromatic carbocycles. The zero-order valence-corrected chi connectivity index (χ0v) is 12.6. The zero-order valence-electron chi connectivity index (χ0n) is 11.0. The number of fused-ring (bicyclic) bond motifs is 1. The van der Waals surface area contributed by atoms with Crippen molar-refractivity contribution in [1.29, 1.82) is 0 Å². The molecular weight excluding hydrogens is 345 g/mol. The third-order valence-corrected chi connectivity index (χ3v) is 3.82. The number of amides is 2. The molecule has 0 fully saturated rings. The zero-order chi connectivity index (χ0) is 15.6. The lowest BCUT2D eigenvalue weighted by atomic mass is 10.1. The van der Waals surface area contributed by atoms with E-state index in [0.29, 0.717) is 12.8 Å². The highest BCUT2D eigenvalue weighted by Crippen LogP contribution is 2.33. The van der Waals surface area contributed by atoms with Crippen molar-refractivity contribution in [3.8, 4) is 0 Å². The van der Waals surface area contributed by atoms with Gasteiger partial charge in [0.2, 0.25) is 5.91 Å². The van der Waals surface area contributed by atoms with Crippen LogP contribution in [0.25, 0.3) is 0 Å². The fourth-order valence-electron chi connectivity index (χ4n) is 2.14. The van der Waals surface area contributed by atoms with Gasteiger partial charge < -0.3 is 4.90 Å². The van der Waals surface area contributed by atoms with E-state index in [1.165, 1.54) is 11.0 Å². The average Bonchev–Trinajstić information content (AvgIpc) is 2.68. The molecule has 0 saturated heterocycles. The number of carbonyl (C=O) groups excluding carboxylic acids is 3. The molecule has 8 heteroatoms. The highest BCUT2D eigenvalue weighted by atomic mass is 79.9. The van der Waals surface area contributed by atoms with Crippen molar-refractivity contribution in [3.63, 3.8) is 0 Å². The smallest absolute Gasteiger partial charge is 0.299 e. The third-order valence-electron chi connectivity index (χ3n) is 3.21. The van der Waals surface area contributed by atoms with Gasteiger partial charge in [-0.25, -0.2) is 10.2 Å². The summed E-state index contributed by atoms with van der Waals surface area (Å²) >= 11 is 2.99. The van der Waals surface area contributed by atoms with E-state index in [9.17, 15) is 18.8 Å². The molecular formula is C13H13BrFN3O3. The molecule has 1 aliphatic heterocycles. The highest BCUT2D eigenvalue weighted by molar-refractivity contribution is 9.10. The van der Waals surface area contributed by atoms with Crippen LogP contribution in [0.2, 0.25) is 0 Å². The quantitative estimate of drug-likeness (QED) is 0.273. The summed E-state index contributed by atoms with van der Waals surface area (Å²) in [5.74, 6) is 2.80.